The van der Waals surface area contributed by atoms with E-state index in [2.05, 4.69) is 154 Å². The molecule has 8 aromatic heterocycles. The van der Waals surface area contributed by atoms with Crippen LogP contribution >= 0.6 is 215 Å². The summed E-state index contributed by atoms with van der Waals surface area (Å²) >= 11 is 33.7. The molecule has 650 valence electrons. The second-order valence-corrected chi connectivity index (χ2v) is 64.9. The molecule has 16 rings (SSSR count). The Morgan fingerprint density at radius 3 is 1.19 bits per heavy atom. The molecule has 0 atom stereocenters. The molecule has 54 heteroatoms. The van der Waals surface area contributed by atoms with E-state index in [1.54, 1.807) is 13.8 Å². The molecule has 0 spiro atoms. The number of benzene rings is 8. The van der Waals surface area contributed by atoms with E-state index in [1.807, 2.05) is 51.1 Å². The summed E-state index contributed by atoms with van der Waals surface area (Å²) in [5, 5.41) is 36.2. The van der Waals surface area contributed by atoms with Gasteiger partial charge in [-0.05, 0) is 128 Å². The number of nitrogens with zero attached hydrogens (tertiary/aromatic N) is 16. The molecule has 0 bridgehead atoms. The van der Waals surface area contributed by atoms with Crippen LogP contribution in [0.15, 0.2) is 54.3 Å². The van der Waals surface area contributed by atoms with E-state index in [0.717, 1.165) is 163 Å². The van der Waals surface area contributed by atoms with Crippen LogP contribution in [0.25, 0.3) is 88.3 Å². The Hall–Kier alpha value is -3.24. The van der Waals surface area contributed by atoms with Crippen LogP contribution in [0.5, 0.6) is 0 Å². The Labute approximate surface area is 801 Å². The van der Waals surface area contributed by atoms with Crippen molar-refractivity contribution in [3.63, 3.8) is 0 Å². The molecule has 0 aliphatic rings. The van der Waals surface area contributed by atoms with Crippen molar-refractivity contribution in [2.75, 3.05) is 14.2 Å². The van der Waals surface area contributed by atoms with Gasteiger partial charge in [-0.3, -0.25) is 0 Å². The maximum Gasteiger partial charge on any atom is 0.493 e. The normalized spacial score (nSPS) is 11.4. The number of hydrogen-bond donors (Lipinski definition) is 4. The number of rotatable bonds is 17. The first-order valence-corrected chi connectivity index (χ1v) is 64.9. The molecule has 0 aliphatic carbocycles. The van der Waals surface area contributed by atoms with Gasteiger partial charge in [0.25, 0.3) is 0 Å². The van der Waals surface area contributed by atoms with Gasteiger partial charge < -0.3 is 29.4 Å². The number of unbranched alkanes of at least 4 members (excludes halogenated alkanes) is 3. The smallest absolute Gasteiger partial charge is 0.423 e. The van der Waals surface area contributed by atoms with Crippen molar-refractivity contribution in [2.24, 2.45) is 0 Å². The molecule has 0 fully saturated rings. The van der Waals surface area contributed by atoms with Crippen LogP contribution in [0.1, 0.15) is 70.4 Å². The Balaban J connectivity index is 0.000000161. The molecule has 8 aromatic carbocycles. The predicted octanol–water partition coefficient (Wildman–Crippen LogP) is 20.1. The zero-order valence-corrected chi connectivity index (χ0v) is 89.0. The quantitative estimate of drug-likeness (QED) is 0.0285. The molecular formula is C69H64B4Br4Cl3F10IN16O6S8Sn2. The van der Waals surface area contributed by atoms with Crippen molar-refractivity contribution >= 4 is 397 Å². The molecule has 4 N–H and O–H groups in total. The minimum Gasteiger partial charge on any atom is -0.423 e. The van der Waals surface area contributed by atoms with Crippen LogP contribution < -0.4 is 29.0 Å². The average Bonchev–Trinajstić information content (AvgIpc) is 1.56. The summed E-state index contributed by atoms with van der Waals surface area (Å²) in [6, 6.07) is 7.48. The molecule has 0 radical (unpaired) electrons. The van der Waals surface area contributed by atoms with Gasteiger partial charge in [0.2, 0.25) is 0 Å². The molecule has 8 heterocycles. The van der Waals surface area contributed by atoms with Gasteiger partial charge in [0, 0.05) is 44.0 Å². The van der Waals surface area contributed by atoms with Crippen LogP contribution in [0.2, 0.25) is 56.8 Å². The van der Waals surface area contributed by atoms with Crippen LogP contribution in [0.3, 0.4) is 0 Å². The zero-order valence-electron chi connectivity index (χ0n) is 66.0. The zero-order chi connectivity index (χ0) is 90.5. The minimum atomic E-state index is -3.11. The molecular weight excluding hydrogens is 2430 g/mol. The Morgan fingerprint density at radius 1 is 0.390 bits per heavy atom. The van der Waals surface area contributed by atoms with E-state index in [-0.39, 0.29) is 61.3 Å². The van der Waals surface area contributed by atoms with Crippen LogP contribution in [-0.2, 0) is 9.31 Å². The Kier molecular flexibility index (Phi) is 39.3. The molecule has 0 unspecified atom stereocenters. The second kappa shape index (κ2) is 46.7. The van der Waals surface area contributed by atoms with Crippen molar-refractivity contribution in [2.45, 2.75) is 115 Å². The largest absolute Gasteiger partial charge is 0.493 e. The molecule has 0 aliphatic heterocycles. The number of aromatic nitrogens is 16. The number of halogens is 18. The molecule has 22 nitrogen and oxygen atoms in total. The number of aryl methyl sites for hydroxylation is 2. The van der Waals surface area contributed by atoms with Gasteiger partial charge in [0.05, 0.1) is 89.0 Å². The molecule has 16 aromatic rings. The van der Waals surface area contributed by atoms with Gasteiger partial charge in [-0.1, -0.05) is 48.4 Å². The molecule has 0 saturated heterocycles. The Bertz CT molecular complexity index is 6070. The first-order chi connectivity index (χ1) is 58.3. The fourth-order valence-corrected chi connectivity index (χ4v) is 42.6. The first-order valence-electron chi connectivity index (χ1n) is 36.2. The van der Waals surface area contributed by atoms with Crippen molar-refractivity contribution in [3.8, 4) is 0 Å². The maximum absolute atomic E-state index is 15.3. The third-order valence-electron chi connectivity index (χ3n) is 18.4. The van der Waals surface area contributed by atoms with Crippen molar-refractivity contribution in [1.29, 1.82) is 0 Å². The third kappa shape index (κ3) is 24.0. The van der Waals surface area contributed by atoms with Gasteiger partial charge in [-0.25, -0.2) is 26.3 Å². The Morgan fingerprint density at radius 2 is 0.732 bits per heavy atom. The van der Waals surface area contributed by atoms with Gasteiger partial charge >= 0.3 is 282 Å². The van der Waals surface area contributed by atoms with Gasteiger partial charge in [0.15, 0.2) is 6.71 Å². The SMILES string of the molecule is CCC[CH2][Sn]([CH2]CCC)([CH2]CCC)[c]1c(F)c(F)c(C)c2nsnc12.COB(OC)c1c(F)cc(B(C)C)c2nsnc12.Cc1c(F)c(F)[c]([Sn]([CH3])([CH3])[CH3])c2nsnc12.Fc1cc(Br)c2nsnc2c1Br.Fc1cc(Br)c2nsnc2c1Cl.Fc1cc(Br)c2nsnc2c1I.Fc1cc(Cl)c2nsnc2c1Cl.OB(O)c1cc(F)c(B(O)O)c2nsnc12. The summed E-state index contributed by atoms with van der Waals surface area (Å²) in [7, 11) is -1.76. The van der Waals surface area contributed by atoms with E-state index in [4.69, 9.17) is 64.2 Å². The third-order valence-corrected chi connectivity index (χ3v) is 48.4. The summed E-state index contributed by atoms with van der Waals surface area (Å²) in [5.41, 5.74) is 9.14. The molecule has 0 saturated carbocycles. The predicted molar refractivity (Wildman–Crippen MR) is 511 cm³/mol. The van der Waals surface area contributed by atoms with E-state index < -0.39 is 104 Å². The van der Waals surface area contributed by atoms with Crippen LogP contribution in [0.4, 0.5) is 43.9 Å². The van der Waals surface area contributed by atoms with Crippen LogP contribution in [-0.4, -0.2) is 169 Å². The van der Waals surface area contributed by atoms with E-state index in [1.165, 1.54) is 38.5 Å². The van der Waals surface area contributed by atoms with Crippen molar-refractivity contribution < 1.29 is 73.3 Å². The summed E-state index contributed by atoms with van der Waals surface area (Å²) in [6.45, 7) is 13.9. The summed E-state index contributed by atoms with van der Waals surface area (Å²) < 4.78 is 219. The fraction of sp³-hybridized carbons (Fsp3) is 0.304. The second-order valence-electron chi connectivity index (χ2n) is 27.8. The first kappa shape index (κ1) is 103. The van der Waals surface area contributed by atoms with E-state index >= 15 is 4.39 Å². The molecule has 0 amide bonds. The van der Waals surface area contributed by atoms with Crippen LogP contribution in [0, 0.1) is 75.6 Å². The van der Waals surface area contributed by atoms with Crippen molar-refractivity contribution in [1.82, 2.24) is 70.0 Å². The van der Waals surface area contributed by atoms with Gasteiger partial charge in [-0.2, -0.15) is 52.5 Å². The van der Waals surface area contributed by atoms with E-state index in [0.29, 0.717) is 118 Å². The van der Waals surface area contributed by atoms with E-state index in [9.17, 15) is 39.5 Å². The monoisotopic (exact) mass is 2490 g/mol. The summed E-state index contributed by atoms with van der Waals surface area (Å²) in [5.74, 6) is -5.75. The number of fused-ring (bicyclic) bond motifs is 8. The fourth-order valence-electron chi connectivity index (χ4n) is 12.3. The van der Waals surface area contributed by atoms with Gasteiger partial charge in [0.1, 0.15) is 106 Å². The maximum atomic E-state index is 15.3. The van der Waals surface area contributed by atoms with Gasteiger partial charge in [-0.15, -0.1) is 0 Å². The molecule has 123 heavy (non-hydrogen) atoms. The number of hydrogen-bond acceptors (Lipinski definition) is 30. The minimum absolute atomic E-state index is 0.0249. The van der Waals surface area contributed by atoms with Crippen molar-refractivity contribution in [3.05, 3.63) is 142 Å². The topological polar surface area (TPSA) is 306 Å². The average molecular weight is 2490 g/mol. The summed E-state index contributed by atoms with van der Waals surface area (Å²) in [4.78, 5) is 6.13. The summed E-state index contributed by atoms with van der Waals surface area (Å²) in [6.07, 6.45) is 6.63. The standard InChI is InChI=1S/C10H13B2FN2O2S.2C7H3F2N2S.C6H5B2FN2O4S.C6HBr2FN2S.C6HBrClFN2S.C6HBrFIN2S.C6HCl2FN2S.3C4H9.3CH3.2Sn/c1-11(2)6-5-7(13)8(12(16-3)17-4)10-9(6)14-18-15-10;2*1-3-6(9)4(8)2-5-7(3)11-12-10-5;9-3-1-2(7(12)13)5-6(11-16-10-5)4(3)8(14)15;2*7-2-1-3(9)4(8)6-5(2)10-12-11-6;7-2-1-3(8)4(9)6-5(2)10-12-11-6;7-2-1-3(9)4(8)6-5(2)10-12-11-6;3*1-3-4-2;;;;;/h5H,1-4H3;2*1H3;1,12-15H;4*1H;3*1,3-4H2,2H3;3*1H3;;.